The van der Waals surface area contributed by atoms with Crippen molar-refractivity contribution in [1.82, 2.24) is 0 Å². The van der Waals surface area contributed by atoms with Gasteiger partial charge in [0.05, 0.1) is 19.2 Å². The maximum Gasteiger partial charge on any atom is 0.291 e. The molecule has 2 heterocycles. The smallest absolute Gasteiger partial charge is 0.291 e. The van der Waals surface area contributed by atoms with Gasteiger partial charge in [-0.2, -0.15) is 0 Å². The molecular formula is C26H27ClN2O6. The number of fused-ring (bicyclic) bond motifs is 1. The third kappa shape index (κ3) is 4.79. The summed E-state index contributed by atoms with van der Waals surface area (Å²) < 4.78 is 22.2. The van der Waals surface area contributed by atoms with Gasteiger partial charge in [-0.1, -0.05) is 31.5 Å². The van der Waals surface area contributed by atoms with Gasteiger partial charge in [-0.25, -0.2) is 0 Å². The van der Waals surface area contributed by atoms with Crippen molar-refractivity contribution < 1.29 is 28.2 Å². The minimum absolute atomic E-state index is 0.0325. The number of anilines is 2. The monoisotopic (exact) mass is 498 g/mol. The minimum Gasteiger partial charge on any atom is -0.494 e. The molecule has 0 atom stereocenters. The number of carbonyl (C=O) groups excluding carboxylic acids is 2. The predicted molar refractivity (Wildman–Crippen MR) is 133 cm³/mol. The Kier molecular flexibility index (Phi) is 6.67. The lowest BCUT2D eigenvalue weighted by atomic mass is 9.77. The quantitative estimate of drug-likeness (QED) is 0.446. The summed E-state index contributed by atoms with van der Waals surface area (Å²) in [5, 5.41) is 3.08. The molecule has 0 aliphatic carbocycles. The van der Waals surface area contributed by atoms with Crippen LogP contribution in [0.15, 0.2) is 46.9 Å². The number of benzene rings is 2. The molecule has 1 aliphatic heterocycles. The Morgan fingerprint density at radius 3 is 2.37 bits per heavy atom. The summed E-state index contributed by atoms with van der Waals surface area (Å²) in [5.74, 6) is 0.854. The number of nitrogens with zero attached hydrogens (tertiary/aromatic N) is 1. The van der Waals surface area contributed by atoms with Crippen LogP contribution in [0.3, 0.4) is 0 Å². The maximum absolute atomic E-state index is 12.8. The van der Waals surface area contributed by atoms with Crippen LogP contribution in [0.5, 0.6) is 23.2 Å². The van der Waals surface area contributed by atoms with Gasteiger partial charge in [-0.3, -0.25) is 9.59 Å². The molecular weight excluding hydrogens is 472 g/mol. The van der Waals surface area contributed by atoms with Gasteiger partial charge in [0.2, 0.25) is 5.91 Å². The lowest BCUT2D eigenvalue weighted by molar-refractivity contribution is -0.116. The second-order valence-electron chi connectivity index (χ2n) is 8.82. The van der Waals surface area contributed by atoms with Crippen molar-refractivity contribution in [3.8, 4) is 23.2 Å². The number of rotatable bonds is 6. The van der Waals surface area contributed by atoms with E-state index in [-0.39, 0.29) is 23.0 Å². The highest BCUT2D eigenvalue weighted by molar-refractivity contribution is 6.32. The molecule has 8 nitrogen and oxygen atoms in total. The highest BCUT2D eigenvalue weighted by atomic mass is 35.5. The topological polar surface area (TPSA) is 90.2 Å². The third-order valence-electron chi connectivity index (χ3n) is 6.09. The molecule has 1 N–H and O–H groups in total. The van der Waals surface area contributed by atoms with E-state index in [1.165, 1.54) is 33.3 Å². The number of hydrogen-bond acceptors (Lipinski definition) is 6. The van der Waals surface area contributed by atoms with Crippen molar-refractivity contribution in [2.24, 2.45) is 0 Å². The Bertz CT molecular complexity index is 1260. The molecule has 9 heteroatoms. The van der Waals surface area contributed by atoms with Gasteiger partial charge >= 0.3 is 0 Å². The second-order valence-corrected chi connectivity index (χ2v) is 9.22. The zero-order valence-electron chi connectivity index (χ0n) is 20.2. The highest BCUT2D eigenvalue weighted by Gasteiger charge is 2.34. The maximum atomic E-state index is 12.8. The largest absolute Gasteiger partial charge is 0.494 e. The molecule has 2 amide bonds. The normalized spacial score (nSPS) is 14.2. The molecule has 0 saturated heterocycles. The van der Waals surface area contributed by atoms with Crippen LogP contribution < -0.4 is 24.4 Å². The van der Waals surface area contributed by atoms with E-state index < -0.39 is 5.91 Å². The molecule has 0 fully saturated rings. The molecule has 1 aliphatic rings. The van der Waals surface area contributed by atoms with E-state index in [2.05, 4.69) is 19.2 Å². The summed E-state index contributed by atoms with van der Waals surface area (Å²) >= 11 is 6.51. The first kappa shape index (κ1) is 24.5. The molecule has 35 heavy (non-hydrogen) atoms. The molecule has 0 spiro atoms. The van der Waals surface area contributed by atoms with Crippen molar-refractivity contribution in [3.05, 3.63) is 58.8 Å². The summed E-state index contributed by atoms with van der Waals surface area (Å²) in [6, 6.07) is 11.8. The number of para-hydroxylation sites is 1. The van der Waals surface area contributed by atoms with Gasteiger partial charge in [0.25, 0.3) is 11.9 Å². The van der Waals surface area contributed by atoms with Crippen LogP contribution in [0.25, 0.3) is 0 Å². The average molecular weight is 499 g/mol. The molecule has 1 aromatic heterocycles. The molecule has 184 valence electrons. The van der Waals surface area contributed by atoms with Crippen molar-refractivity contribution in [2.45, 2.75) is 32.6 Å². The van der Waals surface area contributed by atoms with Crippen molar-refractivity contribution in [2.75, 3.05) is 31.0 Å². The lowest BCUT2D eigenvalue weighted by Gasteiger charge is -2.39. The van der Waals surface area contributed by atoms with Crippen LogP contribution in [0.2, 0.25) is 5.02 Å². The minimum atomic E-state index is -0.502. The van der Waals surface area contributed by atoms with Gasteiger partial charge in [0.15, 0.2) is 5.76 Å². The van der Waals surface area contributed by atoms with E-state index in [1.54, 1.807) is 29.2 Å². The van der Waals surface area contributed by atoms with Crippen molar-refractivity contribution in [3.63, 3.8) is 0 Å². The fourth-order valence-corrected chi connectivity index (χ4v) is 4.31. The molecule has 2 aromatic carbocycles. The van der Waals surface area contributed by atoms with Crippen LogP contribution in [0, 0.1) is 0 Å². The Hall–Kier alpha value is -3.65. The predicted octanol–water partition coefficient (Wildman–Crippen LogP) is 6.03. The Morgan fingerprint density at radius 1 is 1.06 bits per heavy atom. The molecule has 3 aromatic rings. The zero-order chi connectivity index (χ0) is 25.3. The van der Waals surface area contributed by atoms with Crippen LogP contribution in [0.1, 0.15) is 43.3 Å². The van der Waals surface area contributed by atoms with Gasteiger partial charge in [-0.05, 0) is 47.7 Å². The molecule has 0 unspecified atom stereocenters. The van der Waals surface area contributed by atoms with E-state index in [9.17, 15) is 9.59 Å². The SMILES string of the molecule is COc1cccc(OC)c1NC(=O)c1ccc(Oc2cc3c(cc2Cl)N(C(C)=O)CCC3(C)C)o1. The lowest BCUT2D eigenvalue weighted by Crippen LogP contribution is -2.39. The van der Waals surface area contributed by atoms with E-state index in [1.807, 2.05) is 6.07 Å². The number of carbonyl (C=O) groups is 2. The van der Waals surface area contributed by atoms with Gasteiger partial charge in [-0.15, -0.1) is 0 Å². The number of ether oxygens (including phenoxy) is 3. The first-order chi connectivity index (χ1) is 16.6. The average Bonchev–Trinajstić information content (AvgIpc) is 3.28. The van der Waals surface area contributed by atoms with Crippen LogP contribution in [-0.4, -0.2) is 32.6 Å². The third-order valence-corrected chi connectivity index (χ3v) is 6.39. The van der Waals surface area contributed by atoms with Crippen LogP contribution in [-0.2, 0) is 10.2 Å². The van der Waals surface area contributed by atoms with Crippen LogP contribution in [0.4, 0.5) is 11.4 Å². The molecule has 0 bridgehead atoms. The van der Waals surface area contributed by atoms with Gasteiger partial charge in [0, 0.05) is 25.2 Å². The summed E-state index contributed by atoms with van der Waals surface area (Å²) in [6.07, 6.45) is 0.804. The van der Waals surface area contributed by atoms with Crippen molar-refractivity contribution in [1.29, 1.82) is 0 Å². The number of hydrogen-bond donors (Lipinski definition) is 1. The van der Waals surface area contributed by atoms with Crippen molar-refractivity contribution >= 4 is 34.8 Å². The van der Waals surface area contributed by atoms with E-state index in [0.29, 0.717) is 34.5 Å². The standard InChI is InChI=1S/C26H27ClN2O6/c1-15(30)29-12-11-26(2,3)16-13-22(17(27)14-18(16)29)35-23-10-9-21(34-23)25(31)28-24-19(32-4)7-6-8-20(24)33-5/h6-10,13-14H,11-12H2,1-5H3,(H,28,31). The molecule has 4 rings (SSSR count). The highest BCUT2D eigenvalue weighted by Crippen LogP contribution is 2.45. The summed E-state index contributed by atoms with van der Waals surface area (Å²) in [6.45, 7) is 6.39. The van der Waals surface area contributed by atoms with E-state index >= 15 is 0 Å². The number of halogens is 1. The van der Waals surface area contributed by atoms with E-state index in [4.69, 9.17) is 30.2 Å². The summed E-state index contributed by atoms with van der Waals surface area (Å²) in [7, 11) is 3.00. The fraction of sp³-hybridized carbons (Fsp3) is 0.308. The van der Waals surface area contributed by atoms with Gasteiger partial charge < -0.3 is 28.8 Å². The van der Waals surface area contributed by atoms with Gasteiger partial charge in [0.1, 0.15) is 22.9 Å². The summed E-state index contributed by atoms with van der Waals surface area (Å²) in [4.78, 5) is 26.7. The number of methoxy groups -OCH3 is 2. The number of amides is 2. The molecule has 0 saturated carbocycles. The second kappa shape index (κ2) is 9.54. The fourth-order valence-electron chi connectivity index (χ4n) is 4.11. The zero-order valence-corrected chi connectivity index (χ0v) is 21.0. The Balaban J connectivity index is 1.58. The Morgan fingerprint density at radius 2 is 1.74 bits per heavy atom. The first-order valence-electron chi connectivity index (χ1n) is 11.1. The summed E-state index contributed by atoms with van der Waals surface area (Å²) in [5.41, 5.74) is 1.94. The Labute approximate surface area is 208 Å². The number of nitrogens with one attached hydrogen (secondary N) is 1. The van der Waals surface area contributed by atoms with E-state index in [0.717, 1.165) is 17.7 Å². The molecule has 0 radical (unpaired) electrons. The number of furan rings is 1. The van der Waals surface area contributed by atoms with Crippen LogP contribution >= 0.6 is 11.6 Å². The first-order valence-corrected chi connectivity index (χ1v) is 11.4.